The molecule has 5 heteroatoms. The molecule has 0 heterocycles. The van der Waals surface area contributed by atoms with Gasteiger partial charge in [-0.05, 0) is 68.1 Å². The zero-order chi connectivity index (χ0) is 20.5. The van der Waals surface area contributed by atoms with E-state index < -0.39 is 17.0 Å². The van der Waals surface area contributed by atoms with Crippen molar-refractivity contribution in [2.24, 2.45) is 28.6 Å². The minimum absolute atomic E-state index is 0.0237. The van der Waals surface area contributed by atoms with Crippen LogP contribution in [-0.4, -0.2) is 23.1 Å². The second-order valence-corrected chi connectivity index (χ2v) is 9.76. The number of fused-ring (bicyclic) bond motifs is 5. The van der Waals surface area contributed by atoms with Gasteiger partial charge in [0.25, 0.3) is 0 Å². The zero-order valence-electron chi connectivity index (χ0n) is 16.9. The van der Waals surface area contributed by atoms with Gasteiger partial charge in [0, 0.05) is 22.8 Å². The predicted molar refractivity (Wildman–Crippen MR) is 106 cm³/mol. The number of hydrogen-bond donors (Lipinski definition) is 0. The molecular formula is C23H27ClO4. The van der Waals surface area contributed by atoms with Gasteiger partial charge < -0.3 is 4.74 Å². The van der Waals surface area contributed by atoms with Gasteiger partial charge in [-0.15, -0.1) is 0 Å². The molecule has 2 saturated carbocycles. The third-order valence-corrected chi connectivity index (χ3v) is 8.50. The van der Waals surface area contributed by atoms with E-state index >= 15 is 0 Å². The Balaban J connectivity index is 1.80. The first-order valence-electron chi connectivity index (χ1n) is 10.1. The Morgan fingerprint density at radius 1 is 1.14 bits per heavy atom. The Bertz CT molecular complexity index is 868. The highest BCUT2D eigenvalue weighted by Gasteiger charge is 2.67. The van der Waals surface area contributed by atoms with E-state index in [9.17, 15) is 14.4 Å². The van der Waals surface area contributed by atoms with E-state index in [1.807, 2.05) is 6.08 Å². The maximum absolute atomic E-state index is 12.7. The summed E-state index contributed by atoms with van der Waals surface area (Å²) in [6.07, 6.45) is 10.5. The molecule has 0 aliphatic heterocycles. The number of carbonyl (C=O) groups is 3. The number of rotatable bonds is 2. The molecule has 0 radical (unpaired) electrons. The minimum Gasteiger partial charge on any atom is -0.451 e. The highest BCUT2D eigenvalue weighted by atomic mass is 35.5. The molecule has 0 saturated heterocycles. The summed E-state index contributed by atoms with van der Waals surface area (Å²) in [5, 5.41) is 0.638. The lowest BCUT2D eigenvalue weighted by molar-refractivity contribution is -0.184. The number of esters is 1. The van der Waals surface area contributed by atoms with E-state index in [0.717, 1.165) is 24.8 Å². The van der Waals surface area contributed by atoms with Crippen LogP contribution in [-0.2, 0) is 19.1 Å². The highest BCUT2D eigenvalue weighted by Crippen LogP contribution is 2.67. The molecule has 4 aliphatic rings. The van der Waals surface area contributed by atoms with Crippen LogP contribution in [0.4, 0.5) is 0 Å². The highest BCUT2D eigenvalue weighted by molar-refractivity contribution is 6.32. The quantitative estimate of drug-likeness (QED) is 0.637. The van der Waals surface area contributed by atoms with Crippen molar-refractivity contribution in [1.82, 2.24) is 0 Å². The molecule has 0 N–H and O–H groups in total. The van der Waals surface area contributed by atoms with Crippen molar-refractivity contribution >= 4 is 29.1 Å². The summed E-state index contributed by atoms with van der Waals surface area (Å²) in [6, 6.07) is 0. The van der Waals surface area contributed by atoms with Gasteiger partial charge in [-0.25, -0.2) is 0 Å². The summed E-state index contributed by atoms with van der Waals surface area (Å²) in [5.74, 6) is 0.207. The summed E-state index contributed by atoms with van der Waals surface area (Å²) in [7, 11) is 0. The van der Waals surface area contributed by atoms with Crippen LogP contribution in [0.1, 0.15) is 53.4 Å². The Morgan fingerprint density at radius 2 is 1.82 bits per heavy atom. The molecule has 4 aliphatic carbocycles. The second kappa shape index (κ2) is 6.16. The largest absolute Gasteiger partial charge is 0.451 e. The average molecular weight is 403 g/mol. The fourth-order valence-electron chi connectivity index (χ4n) is 6.79. The first-order chi connectivity index (χ1) is 13.0. The molecule has 0 spiro atoms. The van der Waals surface area contributed by atoms with Crippen LogP contribution < -0.4 is 0 Å². The summed E-state index contributed by atoms with van der Waals surface area (Å²) in [6.45, 7) is 7.20. The van der Waals surface area contributed by atoms with E-state index in [0.29, 0.717) is 17.4 Å². The molecule has 0 unspecified atom stereocenters. The van der Waals surface area contributed by atoms with Crippen LogP contribution in [0.15, 0.2) is 34.9 Å². The smallest absolute Gasteiger partial charge is 0.303 e. The van der Waals surface area contributed by atoms with Crippen LogP contribution in [0.3, 0.4) is 0 Å². The molecule has 0 amide bonds. The zero-order valence-corrected chi connectivity index (χ0v) is 17.6. The third-order valence-electron chi connectivity index (χ3n) is 8.17. The van der Waals surface area contributed by atoms with Crippen molar-refractivity contribution < 1.29 is 19.1 Å². The fourth-order valence-corrected chi connectivity index (χ4v) is 7.19. The van der Waals surface area contributed by atoms with E-state index in [4.69, 9.17) is 16.3 Å². The van der Waals surface area contributed by atoms with Gasteiger partial charge in [0.05, 0.1) is 0 Å². The molecular weight excluding hydrogens is 376 g/mol. The van der Waals surface area contributed by atoms with Gasteiger partial charge in [0.2, 0.25) is 0 Å². The van der Waals surface area contributed by atoms with Crippen LogP contribution in [0.25, 0.3) is 0 Å². The minimum atomic E-state index is -1.05. The molecule has 2 fully saturated rings. The first kappa shape index (κ1) is 19.6. The predicted octanol–water partition coefficient (Wildman–Crippen LogP) is 4.53. The third kappa shape index (κ3) is 2.39. The molecule has 0 aromatic rings. The monoisotopic (exact) mass is 402 g/mol. The summed E-state index contributed by atoms with van der Waals surface area (Å²) in [4.78, 5) is 36.5. The SMILES string of the molecule is CC(=O)O[C@@]1(C(C)=O)CC[C@@H]2[C@H]3C=C(Cl)C4=CC(=O)C=C[C@]4(C)[C@@H]3CC[C@@]21C. The van der Waals surface area contributed by atoms with Gasteiger partial charge in [0.15, 0.2) is 17.2 Å². The normalized spacial score (nSPS) is 44.0. The molecule has 4 nitrogen and oxygen atoms in total. The lowest BCUT2D eigenvalue weighted by Crippen LogP contribution is -2.58. The van der Waals surface area contributed by atoms with Gasteiger partial charge in [0.1, 0.15) is 0 Å². The Labute approximate surface area is 171 Å². The average Bonchev–Trinajstić information content (AvgIpc) is 2.90. The van der Waals surface area contributed by atoms with E-state index in [2.05, 4.69) is 19.9 Å². The maximum atomic E-state index is 12.7. The van der Waals surface area contributed by atoms with Crippen molar-refractivity contribution in [3.05, 3.63) is 34.9 Å². The molecule has 150 valence electrons. The Kier molecular flexibility index (Phi) is 4.32. The van der Waals surface area contributed by atoms with Gasteiger partial charge in [-0.2, -0.15) is 0 Å². The molecule has 0 aromatic heterocycles. The van der Waals surface area contributed by atoms with Gasteiger partial charge in [-0.3, -0.25) is 14.4 Å². The van der Waals surface area contributed by atoms with Crippen molar-refractivity contribution in [1.29, 1.82) is 0 Å². The number of Topliss-reactive ketones (excluding diaryl/α,β-unsaturated/α-hetero) is 1. The summed E-state index contributed by atoms with van der Waals surface area (Å²) >= 11 is 6.67. The van der Waals surface area contributed by atoms with E-state index in [1.54, 1.807) is 19.1 Å². The number of halogens is 1. The summed E-state index contributed by atoms with van der Waals surface area (Å²) < 4.78 is 5.77. The lowest BCUT2D eigenvalue weighted by atomic mass is 9.48. The van der Waals surface area contributed by atoms with Crippen LogP contribution in [0.5, 0.6) is 0 Å². The van der Waals surface area contributed by atoms with Crippen LogP contribution in [0.2, 0.25) is 0 Å². The number of ether oxygens (including phenoxy) is 1. The lowest BCUT2D eigenvalue weighted by Gasteiger charge is -2.56. The Morgan fingerprint density at radius 3 is 2.46 bits per heavy atom. The van der Waals surface area contributed by atoms with Crippen LogP contribution in [0, 0.1) is 28.6 Å². The molecule has 28 heavy (non-hydrogen) atoms. The topological polar surface area (TPSA) is 60.4 Å². The van der Waals surface area contributed by atoms with Gasteiger partial charge >= 0.3 is 5.97 Å². The number of allylic oxidation sites excluding steroid dienone is 6. The fraction of sp³-hybridized carbons (Fsp3) is 0.609. The van der Waals surface area contributed by atoms with Gasteiger partial charge in [-0.1, -0.05) is 37.6 Å². The van der Waals surface area contributed by atoms with Crippen molar-refractivity contribution in [3.63, 3.8) is 0 Å². The molecule has 6 atom stereocenters. The second-order valence-electron chi connectivity index (χ2n) is 9.35. The number of ketones is 2. The number of carbonyl (C=O) groups excluding carboxylic acids is 3. The van der Waals surface area contributed by atoms with Crippen molar-refractivity contribution in [3.8, 4) is 0 Å². The molecule has 0 bridgehead atoms. The maximum Gasteiger partial charge on any atom is 0.303 e. The molecule has 4 rings (SSSR count). The standard InChI is InChI=1S/C23H27ClO4/c1-13(25)23(28-14(2)26)10-7-18-16-12-20(24)19-11-15(27)5-8-21(19,3)17(16)6-9-22(18,23)4/h5,8,11-12,16-18H,6-7,9-10H2,1-4H3/t16-,17+,18+,21+,22-,23+/m0/s1. The van der Waals surface area contributed by atoms with E-state index in [-0.39, 0.29) is 28.8 Å². The number of hydrogen-bond acceptors (Lipinski definition) is 4. The van der Waals surface area contributed by atoms with E-state index in [1.165, 1.54) is 6.92 Å². The Hall–Kier alpha value is -1.68. The summed E-state index contributed by atoms with van der Waals surface area (Å²) in [5.41, 5.74) is -0.841. The molecule has 0 aromatic carbocycles. The van der Waals surface area contributed by atoms with Crippen LogP contribution >= 0.6 is 11.6 Å². The first-order valence-corrected chi connectivity index (χ1v) is 10.5. The van der Waals surface area contributed by atoms with Crippen molar-refractivity contribution in [2.75, 3.05) is 0 Å². The van der Waals surface area contributed by atoms with Crippen molar-refractivity contribution in [2.45, 2.75) is 59.0 Å².